The second-order valence-electron chi connectivity index (χ2n) is 6.95. The molecule has 0 radical (unpaired) electrons. The Balaban J connectivity index is 0.00000300. The molecule has 1 aliphatic heterocycles. The fourth-order valence-electron chi connectivity index (χ4n) is 3.27. The van der Waals surface area contributed by atoms with Gasteiger partial charge in [0.05, 0.1) is 13.2 Å². The normalized spacial score (nSPS) is 15.1. The van der Waals surface area contributed by atoms with E-state index in [-0.39, 0.29) is 24.2 Å². The third-order valence-electron chi connectivity index (χ3n) is 5.01. The number of carbonyl (C=O) groups is 1. The molecule has 158 valence electrons. The van der Waals surface area contributed by atoms with Gasteiger partial charge in [-0.15, -0.1) is 12.4 Å². The third kappa shape index (κ3) is 6.63. The van der Waals surface area contributed by atoms with Crippen molar-refractivity contribution >= 4 is 18.3 Å². The van der Waals surface area contributed by atoms with Crippen molar-refractivity contribution in [2.75, 3.05) is 20.3 Å². The molecule has 2 aromatic carbocycles. The molecule has 3 rings (SSSR count). The number of carbonyl (C=O) groups excluding carboxylic acids is 1. The zero-order chi connectivity index (χ0) is 19.8. The number of nitrogens with one attached hydrogen (secondary N) is 1. The van der Waals surface area contributed by atoms with E-state index >= 15 is 0 Å². The van der Waals surface area contributed by atoms with Crippen molar-refractivity contribution in [3.63, 3.8) is 0 Å². The molecule has 2 aromatic rings. The van der Waals surface area contributed by atoms with E-state index in [9.17, 15) is 4.79 Å². The molecule has 3 N–H and O–H groups in total. The highest BCUT2D eigenvalue weighted by atomic mass is 35.5. The Kier molecular flexibility index (Phi) is 9.25. The summed E-state index contributed by atoms with van der Waals surface area (Å²) in [6, 6.07) is 15.1. The van der Waals surface area contributed by atoms with Gasteiger partial charge in [-0.25, -0.2) is 0 Å². The van der Waals surface area contributed by atoms with Crippen LogP contribution in [-0.2, 0) is 22.7 Å². The summed E-state index contributed by atoms with van der Waals surface area (Å²) in [7, 11) is 1.61. The standard InChI is InChI=1S/C22H28N2O4.ClH/c1-26-20-13-17(7-8-19(20)28-15-16-5-3-2-4-6-16)14-24-22(25)21(23)18-9-11-27-12-10-18;/h2-8,13,18,21H,9-12,14-15,23H2,1H3,(H,24,25);1H. The summed E-state index contributed by atoms with van der Waals surface area (Å²) < 4.78 is 16.6. The van der Waals surface area contributed by atoms with Gasteiger partial charge in [0.2, 0.25) is 5.91 Å². The monoisotopic (exact) mass is 420 g/mol. The Morgan fingerprint density at radius 2 is 1.86 bits per heavy atom. The summed E-state index contributed by atoms with van der Waals surface area (Å²) in [5, 5.41) is 2.92. The molecule has 1 fully saturated rings. The van der Waals surface area contributed by atoms with Crippen LogP contribution in [0.3, 0.4) is 0 Å². The van der Waals surface area contributed by atoms with E-state index in [0.29, 0.717) is 37.9 Å². The van der Waals surface area contributed by atoms with Gasteiger partial charge in [0.25, 0.3) is 0 Å². The molecule has 0 spiro atoms. The van der Waals surface area contributed by atoms with E-state index in [1.165, 1.54) is 0 Å². The fourth-order valence-corrected chi connectivity index (χ4v) is 3.27. The third-order valence-corrected chi connectivity index (χ3v) is 5.01. The summed E-state index contributed by atoms with van der Waals surface area (Å²) in [5.74, 6) is 1.35. The predicted octanol–water partition coefficient (Wildman–Crippen LogP) is 3.07. The van der Waals surface area contributed by atoms with Crippen molar-refractivity contribution in [2.24, 2.45) is 11.7 Å². The predicted molar refractivity (Wildman–Crippen MR) is 114 cm³/mol. The highest BCUT2D eigenvalue weighted by molar-refractivity contribution is 5.85. The first kappa shape index (κ1) is 23.0. The Labute approximate surface area is 178 Å². The van der Waals surface area contributed by atoms with Crippen molar-refractivity contribution in [1.29, 1.82) is 0 Å². The van der Waals surface area contributed by atoms with Gasteiger partial charge in [-0.1, -0.05) is 36.4 Å². The van der Waals surface area contributed by atoms with E-state index in [0.717, 1.165) is 24.0 Å². The van der Waals surface area contributed by atoms with E-state index < -0.39 is 6.04 Å². The lowest BCUT2D eigenvalue weighted by atomic mass is 9.92. The van der Waals surface area contributed by atoms with Crippen molar-refractivity contribution < 1.29 is 19.0 Å². The van der Waals surface area contributed by atoms with Gasteiger partial charge < -0.3 is 25.3 Å². The molecule has 1 atom stereocenters. The average Bonchev–Trinajstić information content (AvgIpc) is 2.77. The first-order valence-electron chi connectivity index (χ1n) is 9.62. The van der Waals surface area contributed by atoms with Gasteiger partial charge in [-0.2, -0.15) is 0 Å². The largest absolute Gasteiger partial charge is 0.493 e. The number of nitrogens with two attached hydrogens (primary N) is 1. The summed E-state index contributed by atoms with van der Waals surface area (Å²) in [6.07, 6.45) is 1.66. The van der Waals surface area contributed by atoms with Crippen LogP contribution in [0.2, 0.25) is 0 Å². The highest BCUT2D eigenvalue weighted by Gasteiger charge is 2.26. The molecule has 1 heterocycles. The number of rotatable bonds is 8. The lowest BCUT2D eigenvalue weighted by Crippen LogP contribution is -2.46. The van der Waals surface area contributed by atoms with Crippen LogP contribution in [0.4, 0.5) is 0 Å². The molecule has 0 aromatic heterocycles. The van der Waals surface area contributed by atoms with Crippen LogP contribution in [0.5, 0.6) is 11.5 Å². The number of hydrogen-bond acceptors (Lipinski definition) is 5. The maximum atomic E-state index is 12.4. The number of benzene rings is 2. The summed E-state index contributed by atoms with van der Waals surface area (Å²) in [4.78, 5) is 12.4. The lowest BCUT2D eigenvalue weighted by molar-refractivity contribution is -0.124. The van der Waals surface area contributed by atoms with Crippen LogP contribution in [-0.4, -0.2) is 32.3 Å². The van der Waals surface area contributed by atoms with Crippen molar-refractivity contribution in [1.82, 2.24) is 5.32 Å². The van der Waals surface area contributed by atoms with Crippen LogP contribution in [0, 0.1) is 5.92 Å². The zero-order valence-corrected chi connectivity index (χ0v) is 17.5. The first-order chi connectivity index (χ1) is 13.7. The number of hydrogen-bond donors (Lipinski definition) is 2. The zero-order valence-electron chi connectivity index (χ0n) is 16.6. The first-order valence-corrected chi connectivity index (χ1v) is 9.62. The minimum atomic E-state index is -0.501. The van der Waals surface area contributed by atoms with Crippen molar-refractivity contribution in [3.8, 4) is 11.5 Å². The van der Waals surface area contributed by atoms with Crippen molar-refractivity contribution in [3.05, 3.63) is 59.7 Å². The molecule has 1 amide bonds. The van der Waals surface area contributed by atoms with Gasteiger partial charge in [-0.3, -0.25) is 4.79 Å². The van der Waals surface area contributed by atoms with Gasteiger partial charge in [-0.05, 0) is 42.0 Å². The van der Waals surface area contributed by atoms with Crippen molar-refractivity contribution in [2.45, 2.75) is 32.0 Å². The van der Waals surface area contributed by atoms with Crippen LogP contribution in [0.25, 0.3) is 0 Å². The molecule has 0 aliphatic carbocycles. The Bertz CT molecular complexity index is 767. The van der Waals surface area contributed by atoms with Gasteiger partial charge >= 0.3 is 0 Å². The van der Waals surface area contributed by atoms with Crippen LogP contribution < -0.4 is 20.5 Å². The van der Waals surface area contributed by atoms with E-state index in [2.05, 4.69) is 5.32 Å². The Morgan fingerprint density at radius 1 is 1.14 bits per heavy atom. The smallest absolute Gasteiger partial charge is 0.237 e. The second-order valence-corrected chi connectivity index (χ2v) is 6.95. The van der Waals surface area contributed by atoms with Gasteiger partial charge in [0.1, 0.15) is 6.61 Å². The molecular weight excluding hydrogens is 392 g/mol. The molecule has 0 bridgehead atoms. The minimum absolute atomic E-state index is 0. The average molecular weight is 421 g/mol. The topological polar surface area (TPSA) is 82.8 Å². The minimum Gasteiger partial charge on any atom is -0.493 e. The van der Waals surface area contributed by atoms with Crippen LogP contribution >= 0.6 is 12.4 Å². The second kappa shape index (κ2) is 11.7. The Hall–Kier alpha value is -2.28. The van der Waals surface area contributed by atoms with E-state index in [1.807, 2.05) is 48.5 Å². The summed E-state index contributed by atoms with van der Waals surface area (Å²) in [6.45, 7) is 2.21. The lowest BCUT2D eigenvalue weighted by Gasteiger charge is -2.26. The molecule has 1 unspecified atom stereocenters. The van der Waals surface area contributed by atoms with Gasteiger partial charge in [0, 0.05) is 19.8 Å². The molecule has 6 nitrogen and oxygen atoms in total. The van der Waals surface area contributed by atoms with Crippen LogP contribution in [0.15, 0.2) is 48.5 Å². The summed E-state index contributed by atoms with van der Waals surface area (Å²) in [5.41, 5.74) is 8.13. The molecule has 29 heavy (non-hydrogen) atoms. The van der Waals surface area contributed by atoms with Gasteiger partial charge in [0.15, 0.2) is 11.5 Å². The fraction of sp³-hybridized carbons (Fsp3) is 0.409. The number of methoxy groups -OCH3 is 1. The molecule has 1 aliphatic rings. The Morgan fingerprint density at radius 3 is 2.55 bits per heavy atom. The number of amides is 1. The number of ether oxygens (including phenoxy) is 3. The summed E-state index contributed by atoms with van der Waals surface area (Å²) >= 11 is 0. The maximum absolute atomic E-state index is 12.4. The molecular formula is C22H29ClN2O4. The molecule has 7 heteroatoms. The molecule has 0 saturated carbocycles. The maximum Gasteiger partial charge on any atom is 0.237 e. The SMILES string of the molecule is COc1cc(CNC(=O)C(N)C2CCOCC2)ccc1OCc1ccccc1.Cl. The van der Waals surface area contributed by atoms with Crippen LogP contribution in [0.1, 0.15) is 24.0 Å². The number of halogens is 1. The highest BCUT2D eigenvalue weighted by Crippen LogP contribution is 2.29. The quantitative estimate of drug-likeness (QED) is 0.685. The molecule has 1 saturated heterocycles. The van der Waals surface area contributed by atoms with E-state index in [1.54, 1.807) is 7.11 Å². The van der Waals surface area contributed by atoms with E-state index in [4.69, 9.17) is 19.9 Å².